The number of likely N-dealkylation sites (tertiary alicyclic amines) is 2. The lowest BCUT2D eigenvalue weighted by Crippen LogP contribution is -2.39. The van der Waals surface area contributed by atoms with Crippen molar-refractivity contribution in [1.29, 1.82) is 0 Å². The summed E-state index contributed by atoms with van der Waals surface area (Å²) in [7, 11) is 0. The van der Waals surface area contributed by atoms with E-state index in [1.807, 2.05) is 91.0 Å². The maximum atomic E-state index is 13.0. The number of aromatic amines is 1. The summed E-state index contributed by atoms with van der Waals surface area (Å²) < 4.78 is 0. The molecular weight excluding hydrogens is 697 g/mol. The van der Waals surface area contributed by atoms with Gasteiger partial charge in [0.2, 0.25) is 23.6 Å². The number of benzene rings is 4. The molecule has 5 N–H and O–H groups in total. The molecule has 0 aliphatic carbocycles. The van der Waals surface area contributed by atoms with Crippen LogP contribution in [0.5, 0.6) is 0 Å². The van der Waals surface area contributed by atoms with Crippen LogP contribution < -0.4 is 10.6 Å². The van der Waals surface area contributed by atoms with Crippen LogP contribution in [0.1, 0.15) is 36.8 Å². The molecule has 0 spiro atoms. The second-order valence-electron chi connectivity index (χ2n) is 14.3. The Labute approximate surface area is 319 Å². The molecule has 3 heterocycles. The van der Waals surface area contributed by atoms with Crippen molar-refractivity contribution in [3.63, 3.8) is 0 Å². The minimum atomic E-state index is -0.658. The van der Waals surface area contributed by atoms with Crippen LogP contribution in [0.4, 0.5) is 11.4 Å². The number of rotatable bonds is 12. The number of carbonyl (C=O) groups excluding carboxylic acids is 4. The first-order valence-electron chi connectivity index (χ1n) is 18.6. The van der Waals surface area contributed by atoms with Crippen molar-refractivity contribution in [2.75, 3.05) is 23.7 Å². The number of anilines is 2. The third-order valence-electron chi connectivity index (χ3n) is 10.2. The van der Waals surface area contributed by atoms with Crippen LogP contribution in [0, 0.1) is 0 Å². The number of nitrogens with zero attached hydrogens (tertiary/aromatic N) is 3. The Morgan fingerprint density at radius 2 is 1.05 bits per heavy atom. The number of nitrogens with one attached hydrogen (secondary N) is 3. The fraction of sp³-hybridized carbons (Fsp3) is 0.279. The van der Waals surface area contributed by atoms with E-state index in [0.29, 0.717) is 29.9 Å². The molecule has 0 unspecified atom stereocenters. The molecule has 2 aliphatic heterocycles. The van der Waals surface area contributed by atoms with Gasteiger partial charge >= 0.3 is 0 Å². The first-order chi connectivity index (χ1) is 26.7. The smallest absolute Gasteiger partial charge is 0.227 e. The van der Waals surface area contributed by atoms with E-state index in [9.17, 15) is 29.4 Å². The SMILES string of the molecule is O=C(C[C@@H]1C[C@@H](O)CN1C(=O)Cc1ccccc1)Nc1ccc(-c2cc(-c3ccc(NC(=O)C[C@@H]4C[C@@H](O)CN4C(=O)Cc4ccccc4)cc3)[nH]n2)cc1. The average Bonchev–Trinajstić information content (AvgIpc) is 3.91. The van der Waals surface area contributed by atoms with Gasteiger partial charge in [0.05, 0.1) is 36.4 Å². The summed E-state index contributed by atoms with van der Waals surface area (Å²) in [4.78, 5) is 55.2. The summed E-state index contributed by atoms with van der Waals surface area (Å²) in [5.74, 6) is -0.685. The molecule has 12 nitrogen and oxygen atoms in total. The first-order valence-corrected chi connectivity index (χ1v) is 18.6. The van der Waals surface area contributed by atoms with Gasteiger partial charge in [0.1, 0.15) is 0 Å². The second kappa shape index (κ2) is 16.9. The molecular formula is C43H44N6O6. The van der Waals surface area contributed by atoms with Gasteiger partial charge in [0.25, 0.3) is 0 Å². The summed E-state index contributed by atoms with van der Waals surface area (Å²) in [6.07, 6.45) is 0.0176. The largest absolute Gasteiger partial charge is 0.391 e. The van der Waals surface area contributed by atoms with Crippen LogP contribution in [0.15, 0.2) is 115 Å². The number of carbonyl (C=O) groups is 4. The van der Waals surface area contributed by atoms with Crippen LogP contribution in [-0.4, -0.2) is 91.2 Å². The van der Waals surface area contributed by atoms with Gasteiger partial charge in [-0.05, 0) is 59.9 Å². The molecule has 4 aromatic carbocycles. The monoisotopic (exact) mass is 740 g/mol. The quantitative estimate of drug-likeness (QED) is 0.122. The lowest BCUT2D eigenvalue weighted by molar-refractivity contribution is -0.133. The molecule has 4 amide bonds. The number of amides is 4. The molecule has 0 radical (unpaired) electrons. The molecule has 7 rings (SSSR count). The Morgan fingerprint density at radius 3 is 1.51 bits per heavy atom. The van der Waals surface area contributed by atoms with Gasteiger partial charge in [0.15, 0.2) is 0 Å². The summed E-state index contributed by atoms with van der Waals surface area (Å²) in [6.45, 7) is 0.438. The standard InChI is InChI=1S/C43H44N6O6/c50-36-21-34(48(26-36)42(54)19-28-7-3-1-4-8-28)23-40(52)44-32-15-11-30(12-16-32)38-25-39(47-46-38)31-13-17-33(18-14-31)45-41(53)24-35-22-37(51)27-49(35)43(55)20-29-9-5-2-6-10-29/h1-18,25,34-37,50-51H,19-24,26-27H2,(H,44,52)(H,45,53)(H,46,47)/t34-,35-,36+,37+/m0/s1. The number of hydrogen-bond acceptors (Lipinski definition) is 7. The summed E-state index contributed by atoms with van der Waals surface area (Å²) in [6, 6.07) is 34.7. The highest BCUT2D eigenvalue weighted by Crippen LogP contribution is 2.28. The normalized spacial score (nSPS) is 19.3. The Bertz CT molecular complexity index is 1960. The van der Waals surface area contributed by atoms with Gasteiger partial charge in [-0.15, -0.1) is 0 Å². The van der Waals surface area contributed by atoms with Crippen molar-refractivity contribution in [3.05, 3.63) is 126 Å². The van der Waals surface area contributed by atoms with E-state index < -0.39 is 12.2 Å². The van der Waals surface area contributed by atoms with Crippen LogP contribution in [0.3, 0.4) is 0 Å². The summed E-state index contributed by atoms with van der Waals surface area (Å²) >= 11 is 0. The van der Waals surface area contributed by atoms with Gasteiger partial charge in [-0.1, -0.05) is 84.9 Å². The van der Waals surface area contributed by atoms with Crippen molar-refractivity contribution in [2.45, 2.75) is 62.8 Å². The van der Waals surface area contributed by atoms with Gasteiger partial charge in [0, 0.05) is 55.0 Å². The molecule has 0 bridgehead atoms. The van der Waals surface area contributed by atoms with E-state index >= 15 is 0 Å². The molecule has 0 saturated carbocycles. The summed E-state index contributed by atoms with van der Waals surface area (Å²) in [5, 5.41) is 33.9. The number of β-amino-alcohol motifs (C(OH)–C–C–N with tert-alkyl or cyclic N) is 2. The lowest BCUT2D eigenvalue weighted by Gasteiger charge is -2.24. The van der Waals surface area contributed by atoms with Crippen molar-refractivity contribution in [1.82, 2.24) is 20.0 Å². The van der Waals surface area contributed by atoms with Crippen molar-refractivity contribution < 1.29 is 29.4 Å². The van der Waals surface area contributed by atoms with Gasteiger partial charge in [-0.3, -0.25) is 24.3 Å². The van der Waals surface area contributed by atoms with E-state index in [2.05, 4.69) is 20.8 Å². The third kappa shape index (κ3) is 9.53. The van der Waals surface area contributed by atoms with Gasteiger partial charge < -0.3 is 30.6 Å². The Kier molecular flexibility index (Phi) is 11.4. The topological polar surface area (TPSA) is 168 Å². The minimum absolute atomic E-state index is 0.0873. The van der Waals surface area contributed by atoms with Crippen molar-refractivity contribution in [2.24, 2.45) is 0 Å². The van der Waals surface area contributed by atoms with Crippen molar-refractivity contribution >= 4 is 35.0 Å². The highest BCUT2D eigenvalue weighted by Gasteiger charge is 2.36. The first kappa shape index (κ1) is 37.2. The van der Waals surface area contributed by atoms with Gasteiger partial charge in [-0.25, -0.2) is 0 Å². The van der Waals surface area contributed by atoms with E-state index in [4.69, 9.17) is 0 Å². The molecule has 1 aromatic heterocycles. The lowest BCUT2D eigenvalue weighted by atomic mass is 10.1. The molecule has 5 aromatic rings. The van der Waals surface area contributed by atoms with Crippen LogP contribution in [0.25, 0.3) is 22.5 Å². The Morgan fingerprint density at radius 1 is 0.618 bits per heavy atom. The van der Waals surface area contributed by atoms with Crippen molar-refractivity contribution in [3.8, 4) is 22.5 Å². The highest BCUT2D eigenvalue weighted by atomic mass is 16.3. The van der Waals surface area contributed by atoms with E-state index in [-0.39, 0.29) is 74.5 Å². The molecule has 4 atom stereocenters. The highest BCUT2D eigenvalue weighted by molar-refractivity contribution is 5.93. The van der Waals surface area contributed by atoms with Crippen LogP contribution in [0.2, 0.25) is 0 Å². The number of aliphatic hydroxyl groups is 2. The third-order valence-corrected chi connectivity index (χ3v) is 10.2. The van der Waals surface area contributed by atoms with E-state index in [1.54, 1.807) is 34.1 Å². The Balaban J connectivity index is 0.897. The molecule has 282 valence electrons. The van der Waals surface area contributed by atoms with Crippen LogP contribution >= 0.6 is 0 Å². The van der Waals surface area contributed by atoms with Crippen LogP contribution in [-0.2, 0) is 32.0 Å². The minimum Gasteiger partial charge on any atom is -0.391 e. The number of hydrogen-bond donors (Lipinski definition) is 5. The number of H-pyrrole nitrogens is 1. The second-order valence-corrected chi connectivity index (χ2v) is 14.3. The zero-order valence-electron chi connectivity index (χ0n) is 30.3. The molecule has 55 heavy (non-hydrogen) atoms. The van der Waals surface area contributed by atoms with E-state index in [0.717, 1.165) is 27.9 Å². The number of aliphatic hydroxyl groups excluding tert-OH is 2. The van der Waals surface area contributed by atoms with Gasteiger partial charge in [-0.2, -0.15) is 5.10 Å². The summed E-state index contributed by atoms with van der Waals surface area (Å²) in [5.41, 5.74) is 6.20. The maximum Gasteiger partial charge on any atom is 0.227 e. The fourth-order valence-electron chi connectivity index (χ4n) is 7.45. The maximum absolute atomic E-state index is 13.0. The Hall–Kier alpha value is -6.11. The molecule has 12 heteroatoms. The number of aromatic nitrogens is 2. The predicted molar refractivity (Wildman–Crippen MR) is 208 cm³/mol. The fourth-order valence-corrected chi connectivity index (χ4v) is 7.45. The average molecular weight is 741 g/mol. The zero-order valence-corrected chi connectivity index (χ0v) is 30.3. The molecule has 2 aliphatic rings. The van der Waals surface area contributed by atoms with E-state index in [1.165, 1.54) is 0 Å². The zero-order chi connectivity index (χ0) is 38.3. The molecule has 2 fully saturated rings. The molecule has 2 saturated heterocycles. The predicted octanol–water partition coefficient (Wildman–Crippen LogP) is 4.81.